The van der Waals surface area contributed by atoms with Crippen LogP contribution in [-0.4, -0.2) is 107 Å². The van der Waals surface area contributed by atoms with E-state index in [2.05, 4.69) is 11.9 Å². The summed E-state index contributed by atoms with van der Waals surface area (Å²) in [6, 6.07) is 0. The molecule has 2 amide bonds. The minimum Gasteiger partial charge on any atom is -0.379 e. The summed E-state index contributed by atoms with van der Waals surface area (Å²) in [4.78, 5) is 36.8. The fraction of sp³-hybridized carbons (Fsp3) is 0.885. The van der Waals surface area contributed by atoms with Gasteiger partial charge in [-0.1, -0.05) is 48.5 Å². The van der Waals surface area contributed by atoms with Crippen molar-refractivity contribution < 1.29 is 33.3 Å². The zero-order valence-corrected chi connectivity index (χ0v) is 23.8. The predicted molar refractivity (Wildman–Crippen MR) is 141 cm³/mol. The first kappa shape index (κ1) is 38.1. The third-order valence-electron chi connectivity index (χ3n) is 4.50. The van der Waals surface area contributed by atoms with Crippen molar-refractivity contribution in [3.63, 3.8) is 0 Å². The lowest BCUT2D eigenvalue weighted by atomic mass is 10.1. The van der Waals surface area contributed by atoms with Crippen molar-refractivity contribution in [2.75, 3.05) is 79.5 Å². The molecule has 0 radical (unpaired) electrons. The van der Waals surface area contributed by atoms with E-state index in [4.69, 9.17) is 18.9 Å². The number of aldehydes is 1. The smallest absolute Gasteiger partial charge is 0.232 e. The largest absolute Gasteiger partial charge is 0.379 e. The molecule has 9 heteroatoms. The Kier molecular flexibility index (Phi) is 33.4. The van der Waals surface area contributed by atoms with Crippen molar-refractivity contribution in [2.45, 2.75) is 67.7 Å². The number of likely N-dealkylation sites (tertiary alicyclic amines) is 2. The second-order valence-corrected chi connectivity index (χ2v) is 7.05. The van der Waals surface area contributed by atoms with Crippen LogP contribution in [0.25, 0.3) is 0 Å². The van der Waals surface area contributed by atoms with E-state index >= 15 is 0 Å². The lowest BCUT2D eigenvalue weighted by Crippen LogP contribution is -2.33. The van der Waals surface area contributed by atoms with E-state index in [0.29, 0.717) is 72.2 Å². The van der Waals surface area contributed by atoms with Crippen LogP contribution in [0.1, 0.15) is 67.7 Å². The van der Waals surface area contributed by atoms with Gasteiger partial charge in [-0.2, -0.15) is 0 Å². The molecule has 2 aliphatic rings. The van der Waals surface area contributed by atoms with E-state index in [1.54, 1.807) is 6.92 Å². The van der Waals surface area contributed by atoms with Crippen LogP contribution in [-0.2, 0) is 33.3 Å². The molecule has 0 saturated carbocycles. The number of carbonyl (C=O) groups is 3. The Bertz CT molecular complexity index is 475. The van der Waals surface area contributed by atoms with Crippen LogP contribution < -0.4 is 0 Å². The zero-order chi connectivity index (χ0) is 27.3. The van der Waals surface area contributed by atoms with Crippen molar-refractivity contribution in [1.29, 1.82) is 0 Å². The van der Waals surface area contributed by atoms with Crippen LogP contribution in [0, 0.1) is 5.92 Å². The fourth-order valence-electron chi connectivity index (χ4n) is 2.61. The minimum atomic E-state index is -0.212. The van der Waals surface area contributed by atoms with Crippen LogP contribution in [0.15, 0.2) is 0 Å². The highest BCUT2D eigenvalue weighted by atomic mass is 16.6. The fourth-order valence-corrected chi connectivity index (χ4v) is 2.61. The number of nitrogens with zero attached hydrogens (tertiary/aromatic N) is 2. The molecule has 1 atom stereocenters. The Morgan fingerprint density at radius 2 is 1.17 bits per heavy atom. The van der Waals surface area contributed by atoms with Gasteiger partial charge in [0.25, 0.3) is 0 Å². The molecule has 0 bridgehead atoms. The lowest BCUT2D eigenvalue weighted by Gasteiger charge is -2.24. The van der Waals surface area contributed by atoms with Crippen molar-refractivity contribution in [2.24, 2.45) is 5.92 Å². The summed E-state index contributed by atoms with van der Waals surface area (Å²) in [6.07, 6.45) is 2.93. The Hall–Kier alpha value is -1.39. The summed E-state index contributed by atoms with van der Waals surface area (Å²) >= 11 is 0. The molecule has 210 valence electrons. The molecular formula is C26H54N2O7. The number of carbonyl (C=O) groups excluding carboxylic acids is 3. The highest BCUT2D eigenvalue weighted by Crippen LogP contribution is 2.17. The van der Waals surface area contributed by atoms with Crippen LogP contribution in [0.3, 0.4) is 0 Å². The Morgan fingerprint density at radius 3 is 1.49 bits per heavy atom. The van der Waals surface area contributed by atoms with Gasteiger partial charge in [0.2, 0.25) is 11.8 Å². The van der Waals surface area contributed by atoms with Crippen molar-refractivity contribution in [3.8, 4) is 0 Å². The molecule has 0 spiro atoms. The first-order valence-corrected chi connectivity index (χ1v) is 13.3. The molecule has 2 rings (SSSR count). The van der Waals surface area contributed by atoms with Gasteiger partial charge in [0.1, 0.15) is 6.29 Å². The molecule has 0 N–H and O–H groups in total. The summed E-state index contributed by atoms with van der Waals surface area (Å²) in [7, 11) is 2.14. The van der Waals surface area contributed by atoms with E-state index in [1.807, 2.05) is 41.5 Å². The molecule has 0 aromatic rings. The first-order chi connectivity index (χ1) is 17.1. The molecule has 9 nitrogen and oxygen atoms in total. The van der Waals surface area contributed by atoms with Crippen molar-refractivity contribution in [3.05, 3.63) is 0 Å². The van der Waals surface area contributed by atoms with Crippen LogP contribution in [0.2, 0.25) is 0 Å². The van der Waals surface area contributed by atoms with E-state index in [9.17, 15) is 14.4 Å². The number of hydrogen-bond donors (Lipinski definition) is 0. The quantitative estimate of drug-likeness (QED) is 0.189. The number of amides is 2. The molecular weight excluding hydrogens is 452 g/mol. The average molecular weight is 507 g/mol. The Labute approximate surface area is 214 Å². The summed E-state index contributed by atoms with van der Waals surface area (Å²) in [5.74, 6) is -0.456. The van der Waals surface area contributed by atoms with Gasteiger partial charge in [0, 0.05) is 18.8 Å². The molecule has 2 saturated heterocycles. The van der Waals surface area contributed by atoms with Gasteiger partial charge in [-0.3, -0.25) is 14.5 Å². The molecule has 2 aliphatic heterocycles. The lowest BCUT2D eigenvalue weighted by molar-refractivity contribution is -0.140. The van der Waals surface area contributed by atoms with E-state index in [1.165, 1.54) is 24.4 Å². The summed E-state index contributed by atoms with van der Waals surface area (Å²) in [6.45, 7) is 20.1. The molecule has 2 heterocycles. The number of imide groups is 1. The first-order valence-electron chi connectivity index (χ1n) is 13.3. The van der Waals surface area contributed by atoms with Crippen LogP contribution in [0.5, 0.6) is 0 Å². The standard InChI is InChI=1S/C16H27NO7.C4H9N.3C2H6/c1-14-13-15(19)17(16(14)20)3-6-22-8-10-24-12-11-23-9-7-21-5-2-4-18;1-5-3-2-4-5;3*1-2/h4,14H,2-3,5-13H2,1H3;2-4H2,1H3;3*1-2H3. The summed E-state index contributed by atoms with van der Waals surface area (Å²) in [5.41, 5.74) is 0. The average Bonchev–Trinajstić information content (AvgIpc) is 3.12. The topological polar surface area (TPSA) is 94.6 Å². The number of rotatable bonds is 15. The zero-order valence-electron chi connectivity index (χ0n) is 23.8. The van der Waals surface area contributed by atoms with Gasteiger partial charge < -0.3 is 28.6 Å². The monoisotopic (exact) mass is 506 g/mol. The third-order valence-corrected chi connectivity index (χ3v) is 4.50. The third kappa shape index (κ3) is 22.8. The van der Waals surface area contributed by atoms with Gasteiger partial charge >= 0.3 is 0 Å². The Morgan fingerprint density at radius 1 is 0.771 bits per heavy atom. The molecule has 0 aromatic carbocycles. The van der Waals surface area contributed by atoms with E-state index in [-0.39, 0.29) is 17.7 Å². The highest BCUT2D eigenvalue weighted by molar-refractivity contribution is 6.03. The van der Waals surface area contributed by atoms with Crippen LogP contribution >= 0.6 is 0 Å². The molecule has 0 aliphatic carbocycles. The van der Waals surface area contributed by atoms with Gasteiger partial charge in [0.15, 0.2) is 0 Å². The minimum absolute atomic E-state index is 0.118. The molecule has 35 heavy (non-hydrogen) atoms. The number of hydrogen-bond acceptors (Lipinski definition) is 8. The summed E-state index contributed by atoms with van der Waals surface area (Å²) in [5, 5.41) is 0. The van der Waals surface area contributed by atoms with Crippen molar-refractivity contribution in [1.82, 2.24) is 9.80 Å². The second kappa shape index (κ2) is 30.6. The maximum Gasteiger partial charge on any atom is 0.232 e. The summed E-state index contributed by atoms with van der Waals surface area (Å²) < 4.78 is 21.1. The molecule has 1 unspecified atom stereocenters. The van der Waals surface area contributed by atoms with E-state index < -0.39 is 0 Å². The highest BCUT2D eigenvalue weighted by Gasteiger charge is 2.34. The SMILES string of the molecule is CC.CC.CC.CC1CC(=O)N(CCOCCOCCOCCOCCC=O)C1=O.CN1CCC1. The maximum atomic E-state index is 11.7. The second-order valence-electron chi connectivity index (χ2n) is 7.05. The van der Waals surface area contributed by atoms with Gasteiger partial charge in [-0.05, 0) is 26.6 Å². The number of ether oxygens (including phenoxy) is 4. The van der Waals surface area contributed by atoms with Crippen molar-refractivity contribution >= 4 is 18.1 Å². The van der Waals surface area contributed by atoms with E-state index in [0.717, 1.165) is 6.29 Å². The van der Waals surface area contributed by atoms with Gasteiger partial charge in [-0.15, -0.1) is 0 Å². The Balaban J connectivity index is -0.000000781. The van der Waals surface area contributed by atoms with Crippen LogP contribution in [0.4, 0.5) is 0 Å². The maximum absolute atomic E-state index is 11.7. The molecule has 2 fully saturated rings. The normalized spacial score (nSPS) is 16.3. The predicted octanol–water partition coefficient (Wildman–Crippen LogP) is 3.44. The molecule has 0 aromatic heterocycles. The van der Waals surface area contributed by atoms with Gasteiger partial charge in [-0.25, -0.2) is 0 Å². The van der Waals surface area contributed by atoms with Gasteiger partial charge in [0.05, 0.1) is 59.4 Å².